The second-order valence-electron chi connectivity index (χ2n) is 4.06. The fraction of sp³-hybridized carbons (Fsp3) is 0.455. The molecule has 1 aliphatic heterocycles. The Balaban J connectivity index is 2.52. The van der Waals surface area contributed by atoms with Crippen molar-refractivity contribution < 1.29 is 4.92 Å². The minimum atomic E-state index is -0.327. The Morgan fingerprint density at radius 3 is 2.94 bits per heavy atom. The Kier molecular flexibility index (Phi) is 3.54. The van der Waals surface area contributed by atoms with E-state index in [-0.39, 0.29) is 10.6 Å². The first-order valence-corrected chi connectivity index (χ1v) is 6.67. The van der Waals surface area contributed by atoms with E-state index in [1.165, 1.54) is 0 Å². The lowest BCUT2D eigenvalue weighted by atomic mass is 10.1. The minimum absolute atomic E-state index is 0.161. The van der Waals surface area contributed by atoms with Gasteiger partial charge in [-0.2, -0.15) is 0 Å². The number of fused-ring (bicyclic) bond motifs is 1. The van der Waals surface area contributed by atoms with Gasteiger partial charge in [-0.3, -0.25) is 10.1 Å². The van der Waals surface area contributed by atoms with Gasteiger partial charge in [0.15, 0.2) is 0 Å². The van der Waals surface area contributed by atoms with Crippen LogP contribution in [-0.2, 0) is 6.54 Å². The van der Waals surface area contributed by atoms with Crippen LogP contribution >= 0.6 is 11.8 Å². The maximum absolute atomic E-state index is 11.0. The zero-order chi connectivity index (χ0) is 12.4. The van der Waals surface area contributed by atoms with Gasteiger partial charge in [0.2, 0.25) is 0 Å². The molecule has 0 saturated carbocycles. The van der Waals surface area contributed by atoms with Crippen molar-refractivity contribution in [3.8, 4) is 0 Å². The molecule has 6 heteroatoms. The average Bonchev–Trinajstić information content (AvgIpc) is 2.50. The molecule has 2 N–H and O–H groups in total. The van der Waals surface area contributed by atoms with E-state index in [0.717, 1.165) is 10.5 Å². The zero-order valence-corrected chi connectivity index (χ0v) is 10.6. The molecule has 0 radical (unpaired) electrons. The summed E-state index contributed by atoms with van der Waals surface area (Å²) in [7, 11) is 0. The Bertz CT molecular complexity index is 451. The summed E-state index contributed by atoms with van der Waals surface area (Å²) in [6.07, 6.45) is 1.98. The van der Waals surface area contributed by atoms with E-state index in [1.807, 2.05) is 12.3 Å². The molecule has 0 aromatic heterocycles. The summed E-state index contributed by atoms with van der Waals surface area (Å²) in [5, 5.41) is 17.5. The number of rotatable bonds is 2. The van der Waals surface area contributed by atoms with Crippen molar-refractivity contribution in [3.63, 3.8) is 0 Å². The van der Waals surface area contributed by atoms with Gasteiger partial charge in [0.1, 0.15) is 5.69 Å². The van der Waals surface area contributed by atoms with Crippen molar-refractivity contribution in [2.75, 3.05) is 18.1 Å². The van der Waals surface area contributed by atoms with Crippen LogP contribution in [-0.4, -0.2) is 23.8 Å². The highest BCUT2D eigenvalue weighted by Gasteiger charge is 2.23. The Labute approximate surface area is 104 Å². The second kappa shape index (κ2) is 4.93. The van der Waals surface area contributed by atoms with Gasteiger partial charge in [0.25, 0.3) is 5.69 Å². The molecule has 92 valence electrons. The molecular formula is C11H15N3O2S. The first-order valence-electron chi connectivity index (χ1n) is 5.45. The molecule has 5 nitrogen and oxygen atoms in total. The van der Waals surface area contributed by atoms with E-state index < -0.39 is 0 Å². The maximum atomic E-state index is 11.0. The third-order valence-electron chi connectivity index (χ3n) is 2.88. The summed E-state index contributed by atoms with van der Waals surface area (Å²) in [6, 6.07) is 3.70. The smallest absolute Gasteiger partial charge is 0.292 e. The number of thioether (sulfide) groups is 1. The van der Waals surface area contributed by atoms with Crippen LogP contribution in [0.4, 0.5) is 11.4 Å². The van der Waals surface area contributed by atoms with Gasteiger partial charge < -0.3 is 10.6 Å². The largest absolute Gasteiger partial charge is 0.378 e. The molecule has 0 saturated heterocycles. The van der Waals surface area contributed by atoms with Crippen LogP contribution in [0.15, 0.2) is 17.0 Å². The van der Waals surface area contributed by atoms with Crippen molar-refractivity contribution in [3.05, 3.63) is 27.8 Å². The van der Waals surface area contributed by atoms with Crippen LogP contribution < -0.4 is 10.6 Å². The van der Waals surface area contributed by atoms with Gasteiger partial charge in [0.05, 0.1) is 4.92 Å². The second-order valence-corrected chi connectivity index (χ2v) is 4.91. The Morgan fingerprint density at radius 1 is 1.53 bits per heavy atom. The van der Waals surface area contributed by atoms with Crippen molar-refractivity contribution in [2.24, 2.45) is 0 Å². The third kappa shape index (κ3) is 2.37. The van der Waals surface area contributed by atoms with Gasteiger partial charge in [-0.25, -0.2) is 0 Å². The van der Waals surface area contributed by atoms with Gasteiger partial charge in [-0.05, 0) is 19.2 Å². The lowest BCUT2D eigenvalue weighted by Gasteiger charge is -2.11. The predicted octanol–water partition coefficient (Wildman–Crippen LogP) is 2.22. The minimum Gasteiger partial charge on any atom is -0.378 e. The number of benzene rings is 1. The molecule has 1 aromatic carbocycles. The van der Waals surface area contributed by atoms with Gasteiger partial charge in [-0.1, -0.05) is 0 Å². The summed E-state index contributed by atoms with van der Waals surface area (Å²) in [5.74, 6) is 0. The predicted molar refractivity (Wildman–Crippen MR) is 69.7 cm³/mol. The van der Waals surface area contributed by atoms with Crippen LogP contribution in [0.2, 0.25) is 0 Å². The van der Waals surface area contributed by atoms with Crippen LogP contribution in [0.5, 0.6) is 0 Å². The van der Waals surface area contributed by atoms with Crippen LogP contribution in [0.3, 0.4) is 0 Å². The summed E-state index contributed by atoms with van der Waals surface area (Å²) >= 11 is 1.61. The van der Waals surface area contributed by atoms with E-state index in [4.69, 9.17) is 0 Å². The van der Waals surface area contributed by atoms with Gasteiger partial charge in [0, 0.05) is 35.7 Å². The highest BCUT2D eigenvalue weighted by molar-refractivity contribution is 7.98. The number of nitro groups is 1. The van der Waals surface area contributed by atoms with Gasteiger partial charge >= 0.3 is 0 Å². The molecule has 0 amide bonds. The highest BCUT2D eigenvalue weighted by Crippen LogP contribution is 2.35. The summed E-state index contributed by atoms with van der Waals surface area (Å²) in [4.78, 5) is 11.8. The molecule has 1 aliphatic rings. The molecule has 0 aliphatic carbocycles. The lowest BCUT2D eigenvalue weighted by molar-refractivity contribution is -0.384. The van der Waals surface area contributed by atoms with E-state index in [1.54, 1.807) is 17.8 Å². The first-order chi connectivity index (χ1) is 8.13. The molecular weight excluding hydrogens is 238 g/mol. The van der Waals surface area contributed by atoms with Crippen LogP contribution in [0.1, 0.15) is 12.5 Å². The zero-order valence-electron chi connectivity index (χ0n) is 9.82. The molecule has 0 bridgehead atoms. The molecule has 17 heavy (non-hydrogen) atoms. The standard InChI is InChI=1S/C11H15N3O2S/c1-7-5-13-11-8(6-12-7)10(17-2)4-3-9(11)14(15)16/h3-4,7,12-13H,5-6H2,1-2H3/t7-/m0/s1. The lowest BCUT2D eigenvalue weighted by Crippen LogP contribution is -2.29. The monoisotopic (exact) mass is 253 g/mol. The quantitative estimate of drug-likeness (QED) is 0.480. The van der Waals surface area contributed by atoms with Crippen molar-refractivity contribution in [1.29, 1.82) is 0 Å². The van der Waals surface area contributed by atoms with Crippen molar-refractivity contribution in [2.45, 2.75) is 24.4 Å². The van der Waals surface area contributed by atoms with E-state index in [9.17, 15) is 10.1 Å². The fourth-order valence-electron chi connectivity index (χ4n) is 1.94. The van der Waals surface area contributed by atoms with Crippen molar-refractivity contribution in [1.82, 2.24) is 5.32 Å². The van der Waals surface area contributed by atoms with E-state index in [2.05, 4.69) is 17.6 Å². The maximum Gasteiger partial charge on any atom is 0.292 e. The number of hydrogen-bond acceptors (Lipinski definition) is 5. The Hall–Kier alpha value is -1.27. The SMILES string of the molecule is CSc1ccc([N+](=O)[O-])c2c1CN[C@@H](C)CN2. The van der Waals surface area contributed by atoms with Crippen molar-refractivity contribution >= 4 is 23.1 Å². The van der Waals surface area contributed by atoms with Crippen LogP contribution in [0.25, 0.3) is 0 Å². The summed E-state index contributed by atoms with van der Waals surface area (Å²) < 4.78 is 0. The normalized spacial score (nSPS) is 19.1. The fourth-order valence-corrected chi connectivity index (χ4v) is 2.56. The molecule has 2 rings (SSSR count). The first kappa shape index (κ1) is 12.2. The number of nitro benzene ring substituents is 1. The molecule has 1 heterocycles. The number of anilines is 1. The molecule has 1 atom stereocenters. The number of nitrogens with one attached hydrogen (secondary N) is 2. The molecule has 0 spiro atoms. The van der Waals surface area contributed by atoms with Gasteiger partial charge in [-0.15, -0.1) is 11.8 Å². The van der Waals surface area contributed by atoms with E-state index >= 15 is 0 Å². The highest BCUT2D eigenvalue weighted by atomic mass is 32.2. The number of hydrogen-bond donors (Lipinski definition) is 2. The molecule has 1 aromatic rings. The average molecular weight is 253 g/mol. The molecule has 0 unspecified atom stereocenters. The summed E-state index contributed by atoms with van der Waals surface area (Å²) in [5.41, 5.74) is 1.82. The third-order valence-corrected chi connectivity index (χ3v) is 3.70. The molecule has 0 fully saturated rings. The summed E-state index contributed by atoms with van der Waals surface area (Å²) in [6.45, 7) is 3.43. The Morgan fingerprint density at radius 2 is 2.29 bits per heavy atom. The van der Waals surface area contributed by atoms with E-state index in [0.29, 0.717) is 24.8 Å². The topological polar surface area (TPSA) is 67.2 Å². The van der Waals surface area contributed by atoms with Crippen LogP contribution in [0, 0.1) is 10.1 Å². The number of nitrogens with zero attached hydrogens (tertiary/aromatic N) is 1.